The van der Waals surface area contributed by atoms with Crippen LogP contribution in [0.3, 0.4) is 0 Å². The van der Waals surface area contributed by atoms with Crippen LogP contribution in [0, 0.1) is 13.8 Å². The molecule has 0 saturated heterocycles. The van der Waals surface area contributed by atoms with Gasteiger partial charge in [0.05, 0.1) is 0 Å². The predicted octanol–water partition coefficient (Wildman–Crippen LogP) is 4.10. The fraction of sp³-hybridized carbons (Fsp3) is 0.111. The highest BCUT2D eigenvalue weighted by Crippen LogP contribution is 2.28. The van der Waals surface area contributed by atoms with E-state index < -0.39 is 10.0 Å². The van der Waals surface area contributed by atoms with Gasteiger partial charge in [0.2, 0.25) is 0 Å². The summed E-state index contributed by atoms with van der Waals surface area (Å²) in [5.74, 6) is 0. The van der Waals surface area contributed by atoms with Crippen LogP contribution < -0.4 is 4.72 Å². The van der Waals surface area contributed by atoms with E-state index in [4.69, 9.17) is 0 Å². The summed E-state index contributed by atoms with van der Waals surface area (Å²) in [5.41, 5.74) is 4.28. The second kappa shape index (κ2) is 5.93. The van der Waals surface area contributed by atoms with Gasteiger partial charge in [-0.05, 0) is 31.5 Å². The van der Waals surface area contributed by atoms with Crippen molar-refractivity contribution in [3.63, 3.8) is 0 Å². The molecule has 0 radical (unpaired) electrons. The van der Waals surface area contributed by atoms with Crippen LogP contribution in [-0.4, -0.2) is 13.4 Å². The van der Waals surface area contributed by atoms with Gasteiger partial charge < -0.3 is 4.98 Å². The molecular weight excluding hydrogens is 308 g/mol. The van der Waals surface area contributed by atoms with Gasteiger partial charge >= 0.3 is 0 Å². The lowest BCUT2D eigenvalue weighted by molar-refractivity contribution is 0.601. The molecule has 2 aromatic carbocycles. The maximum absolute atomic E-state index is 12.7. The molecule has 118 valence electrons. The van der Waals surface area contributed by atoms with Gasteiger partial charge in [0.1, 0.15) is 4.90 Å². The van der Waals surface area contributed by atoms with Gasteiger partial charge in [-0.25, -0.2) is 8.42 Å². The summed E-state index contributed by atoms with van der Waals surface area (Å²) in [7, 11) is -3.65. The normalized spacial score (nSPS) is 11.4. The minimum atomic E-state index is -3.65. The number of benzene rings is 2. The fourth-order valence-corrected chi connectivity index (χ4v) is 3.61. The summed E-state index contributed by atoms with van der Waals surface area (Å²) < 4.78 is 28.0. The molecule has 0 aliphatic carbocycles. The minimum absolute atomic E-state index is 0.238. The number of hydrogen-bond acceptors (Lipinski definition) is 2. The van der Waals surface area contributed by atoms with Crippen molar-refractivity contribution in [1.82, 2.24) is 4.98 Å². The largest absolute Gasteiger partial charge is 0.366 e. The average Bonchev–Trinajstić information content (AvgIpc) is 3.01. The molecule has 0 saturated carbocycles. The first-order valence-corrected chi connectivity index (χ1v) is 8.77. The fourth-order valence-electron chi connectivity index (χ4n) is 2.36. The van der Waals surface area contributed by atoms with Crippen LogP contribution in [0.5, 0.6) is 0 Å². The van der Waals surface area contributed by atoms with E-state index in [2.05, 4.69) is 9.71 Å². The van der Waals surface area contributed by atoms with Gasteiger partial charge in [0.15, 0.2) is 0 Å². The predicted molar refractivity (Wildman–Crippen MR) is 93.0 cm³/mol. The third-order valence-electron chi connectivity index (χ3n) is 3.66. The molecule has 3 rings (SSSR count). The molecule has 0 unspecified atom stereocenters. The molecule has 2 N–H and O–H groups in total. The van der Waals surface area contributed by atoms with Crippen LogP contribution in [0.15, 0.2) is 65.8 Å². The number of anilines is 1. The summed E-state index contributed by atoms with van der Waals surface area (Å²) >= 11 is 0. The number of aromatic nitrogens is 1. The van der Waals surface area contributed by atoms with Crippen LogP contribution in [0.25, 0.3) is 11.1 Å². The molecule has 0 spiro atoms. The zero-order valence-corrected chi connectivity index (χ0v) is 13.8. The van der Waals surface area contributed by atoms with Crippen molar-refractivity contribution in [1.29, 1.82) is 0 Å². The quantitative estimate of drug-likeness (QED) is 0.758. The van der Waals surface area contributed by atoms with E-state index in [9.17, 15) is 8.42 Å². The molecule has 1 aromatic heterocycles. The molecule has 0 atom stereocenters. The Hall–Kier alpha value is -2.53. The summed E-state index contributed by atoms with van der Waals surface area (Å²) in [6, 6.07) is 15.0. The first-order valence-electron chi connectivity index (χ1n) is 7.29. The van der Waals surface area contributed by atoms with Crippen LogP contribution in [-0.2, 0) is 10.0 Å². The van der Waals surface area contributed by atoms with Gasteiger partial charge in [-0.3, -0.25) is 4.72 Å². The van der Waals surface area contributed by atoms with Crippen molar-refractivity contribution < 1.29 is 8.42 Å². The van der Waals surface area contributed by atoms with Gasteiger partial charge in [0.25, 0.3) is 10.0 Å². The lowest BCUT2D eigenvalue weighted by Gasteiger charge is -2.09. The van der Waals surface area contributed by atoms with E-state index in [1.807, 2.05) is 50.2 Å². The number of hydrogen-bond donors (Lipinski definition) is 2. The van der Waals surface area contributed by atoms with E-state index in [-0.39, 0.29) is 4.90 Å². The molecule has 0 aliphatic rings. The van der Waals surface area contributed by atoms with E-state index in [0.29, 0.717) is 11.3 Å². The van der Waals surface area contributed by atoms with Gasteiger partial charge in [-0.2, -0.15) is 0 Å². The zero-order valence-electron chi connectivity index (χ0n) is 13.0. The number of aromatic amines is 1. The molecular formula is C18H18N2O2S. The first kappa shape index (κ1) is 15.4. The highest BCUT2D eigenvalue weighted by Gasteiger charge is 2.20. The van der Waals surface area contributed by atoms with Crippen molar-refractivity contribution in [2.45, 2.75) is 18.7 Å². The smallest absolute Gasteiger partial charge is 0.264 e. The SMILES string of the molecule is Cc1ccc(NS(=O)(=O)c2c[nH]cc2-c2ccc(C)cc2)cc1. The Morgan fingerprint density at radius 3 is 2.00 bits per heavy atom. The molecule has 0 fully saturated rings. The lowest BCUT2D eigenvalue weighted by atomic mass is 10.1. The second-order valence-corrected chi connectivity index (χ2v) is 7.22. The van der Waals surface area contributed by atoms with Crippen molar-refractivity contribution in [3.05, 3.63) is 72.1 Å². The second-order valence-electron chi connectivity index (χ2n) is 5.57. The monoisotopic (exact) mass is 326 g/mol. The zero-order chi connectivity index (χ0) is 16.4. The van der Waals surface area contributed by atoms with Crippen LogP contribution in [0.1, 0.15) is 11.1 Å². The summed E-state index contributed by atoms with van der Waals surface area (Å²) in [4.78, 5) is 3.13. The molecule has 5 heteroatoms. The standard InChI is InChI=1S/C18H18N2O2S/c1-13-3-7-15(8-4-13)17-11-19-12-18(17)23(21,22)20-16-9-5-14(2)6-10-16/h3-12,19-20H,1-2H3. The topological polar surface area (TPSA) is 62.0 Å². The molecule has 0 amide bonds. The molecule has 23 heavy (non-hydrogen) atoms. The van der Waals surface area contributed by atoms with Gasteiger partial charge in [-0.1, -0.05) is 47.5 Å². The number of rotatable bonds is 4. The van der Waals surface area contributed by atoms with E-state index in [0.717, 1.165) is 16.7 Å². The third-order valence-corrected chi connectivity index (χ3v) is 5.08. The van der Waals surface area contributed by atoms with Gasteiger partial charge in [-0.15, -0.1) is 0 Å². The minimum Gasteiger partial charge on any atom is -0.366 e. The highest BCUT2D eigenvalue weighted by molar-refractivity contribution is 7.92. The first-order chi connectivity index (χ1) is 11.0. The number of aryl methyl sites for hydroxylation is 2. The lowest BCUT2D eigenvalue weighted by Crippen LogP contribution is -2.13. The molecule has 1 heterocycles. The van der Waals surface area contributed by atoms with Crippen molar-refractivity contribution in [2.75, 3.05) is 4.72 Å². The Bertz CT molecular complexity index is 908. The average molecular weight is 326 g/mol. The maximum Gasteiger partial charge on any atom is 0.264 e. The number of nitrogens with one attached hydrogen (secondary N) is 2. The summed E-state index contributed by atoms with van der Waals surface area (Å²) in [5, 5.41) is 0. The Labute approximate surface area is 136 Å². The maximum atomic E-state index is 12.7. The van der Waals surface area contributed by atoms with Crippen LogP contribution in [0.4, 0.5) is 5.69 Å². The van der Waals surface area contributed by atoms with E-state index in [1.165, 1.54) is 6.20 Å². The Morgan fingerprint density at radius 1 is 0.826 bits per heavy atom. The van der Waals surface area contributed by atoms with Crippen LogP contribution in [0.2, 0.25) is 0 Å². The number of sulfonamides is 1. The Kier molecular flexibility index (Phi) is 3.96. The van der Waals surface area contributed by atoms with E-state index in [1.54, 1.807) is 18.3 Å². The Balaban J connectivity index is 1.96. The van der Waals surface area contributed by atoms with Gasteiger partial charge in [0, 0.05) is 23.6 Å². The van der Waals surface area contributed by atoms with Crippen molar-refractivity contribution in [3.8, 4) is 11.1 Å². The van der Waals surface area contributed by atoms with E-state index >= 15 is 0 Å². The highest BCUT2D eigenvalue weighted by atomic mass is 32.2. The molecule has 0 aliphatic heterocycles. The summed E-state index contributed by atoms with van der Waals surface area (Å²) in [6.45, 7) is 3.96. The van der Waals surface area contributed by atoms with Crippen molar-refractivity contribution in [2.24, 2.45) is 0 Å². The molecule has 0 bridgehead atoms. The Morgan fingerprint density at radius 2 is 1.39 bits per heavy atom. The molecule has 4 nitrogen and oxygen atoms in total. The van der Waals surface area contributed by atoms with Crippen molar-refractivity contribution >= 4 is 15.7 Å². The van der Waals surface area contributed by atoms with Crippen LogP contribution >= 0.6 is 0 Å². The summed E-state index contributed by atoms with van der Waals surface area (Å²) in [6.07, 6.45) is 3.21. The third kappa shape index (κ3) is 3.29. The number of H-pyrrole nitrogens is 1. The molecule has 3 aromatic rings.